The van der Waals surface area contributed by atoms with E-state index in [1.54, 1.807) is 18.2 Å². The minimum absolute atomic E-state index is 0.0114. The Kier molecular flexibility index (Phi) is 2.80. The number of hydrogen-bond acceptors (Lipinski definition) is 3. The van der Waals surface area contributed by atoms with E-state index in [9.17, 15) is 4.79 Å². The van der Waals surface area contributed by atoms with Crippen LogP contribution in [0, 0.1) is 0 Å². The molecule has 0 aromatic heterocycles. The molecule has 0 saturated heterocycles. The Morgan fingerprint density at radius 1 is 1.38 bits per heavy atom. The molecule has 1 aliphatic heterocycles. The number of hydrogen-bond donors (Lipinski definition) is 0. The number of carbonyl (C=O) groups excluding carboxylic acids is 1. The molecule has 0 N–H and O–H groups in total. The van der Waals surface area contributed by atoms with E-state index < -0.39 is 5.79 Å². The summed E-state index contributed by atoms with van der Waals surface area (Å²) < 4.78 is 11.3. The second kappa shape index (κ2) is 3.98. The third kappa shape index (κ3) is 2.00. The predicted octanol–water partition coefficient (Wildman–Crippen LogP) is 3.01. The highest BCUT2D eigenvalue weighted by Gasteiger charge is 2.36. The lowest BCUT2D eigenvalue weighted by Crippen LogP contribution is -2.35. The van der Waals surface area contributed by atoms with Crippen LogP contribution in [0.5, 0.6) is 11.5 Å². The van der Waals surface area contributed by atoms with Gasteiger partial charge in [0.25, 0.3) is 0 Å². The summed E-state index contributed by atoms with van der Waals surface area (Å²) in [6, 6.07) is 5.19. The van der Waals surface area contributed by atoms with Crippen molar-refractivity contribution >= 4 is 17.4 Å². The molecule has 0 bridgehead atoms. The third-order valence-corrected chi connectivity index (χ3v) is 2.74. The van der Waals surface area contributed by atoms with E-state index in [-0.39, 0.29) is 5.78 Å². The molecule has 1 aliphatic rings. The average Bonchev–Trinajstić information content (AvgIpc) is 2.52. The quantitative estimate of drug-likeness (QED) is 0.602. The van der Waals surface area contributed by atoms with Crippen LogP contribution in [0.3, 0.4) is 0 Å². The number of ketones is 1. The fraction of sp³-hybridized carbons (Fsp3) is 0.417. The average molecular weight is 241 g/mol. The van der Waals surface area contributed by atoms with Gasteiger partial charge in [-0.25, -0.2) is 0 Å². The summed E-state index contributed by atoms with van der Waals surface area (Å²) in [5.74, 6) is 1.04. The van der Waals surface area contributed by atoms with E-state index >= 15 is 0 Å². The zero-order chi connectivity index (χ0) is 11.8. The maximum atomic E-state index is 11.2. The lowest BCUT2D eigenvalue weighted by atomic mass is 10.1. The van der Waals surface area contributed by atoms with E-state index in [0.29, 0.717) is 29.4 Å². The van der Waals surface area contributed by atoms with Gasteiger partial charge in [-0.05, 0) is 25.1 Å². The molecule has 0 aliphatic carbocycles. The van der Waals surface area contributed by atoms with Crippen LogP contribution >= 0.6 is 11.6 Å². The van der Waals surface area contributed by atoms with E-state index in [0.717, 1.165) is 0 Å². The Balaban J connectivity index is 2.27. The maximum absolute atomic E-state index is 11.2. The van der Waals surface area contributed by atoms with Crippen LogP contribution in [0.15, 0.2) is 18.2 Å². The largest absolute Gasteiger partial charge is 0.449 e. The first-order valence-corrected chi connectivity index (χ1v) is 5.66. The molecule has 1 heterocycles. The highest BCUT2D eigenvalue weighted by Crippen LogP contribution is 2.41. The first-order valence-electron chi connectivity index (χ1n) is 5.13. The topological polar surface area (TPSA) is 35.5 Å². The minimum Gasteiger partial charge on any atom is -0.449 e. The number of carbonyl (C=O) groups is 1. The Labute approximate surface area is 99.3 Å². The Hall–Kier alpha value is -1.22. The van der Waals surface area contributed by atoms with Gasteiger partial charge in [-0.1, -0.05) is 0 Å². The summed E-state index contributed by atoms with van der Waals surface area (Å²) in [7, 11) is 0. The molecule has 1 unspecified atom stereocenters. The van der Waals surface area contributed by atoms with Crippen molar-refractivity contribution in [2.45, 2.75) is 26.1 Å². The van der Waals surface area contributed by atoms with Crippen molar-refractivity contribution in [3.63, 3.8) is 0 Å². The van der Waals surface area contributed by atoms with Gasteiger partial charge in [0.05, 0.1) is 0 Å². The van der Waals surface area contributed by atoms with Gasteiger partial charge in [-0.15, -0.1) is 11.6 Å². The van der Waals surface area contributed by atoms with Crippen molar-refractivity contribution in [2.24, 2.45) is 0 Å². The summed E-state index contributed by atoms with van der Waals surface area (Å²) in [5.41, 5.74) is 0.623. The van der Waals surface area contributed by atoms with Gasteiger partial charge in [0.1, 0.15) is 0 Å². The minimum atomic E-state index is -0.709. The van der Waals surface area contributed by atoms with Crippen LogP contribution in [0.1, 0.15) is 30.6 Å². The van der Waals surface area contributed by atoms with Gasteiger partial charge in [-0.3, -0.25) is 4.79 Å². The van der Waals surface area contributed by atoms with Crippen LogP contribution in [-0.4, -0.2) is 17.5 Å². The molecule has 3 nitrogen and oxygen atoms in total. The standard InChI is InChI=1S/C12H13ClO3/c1-8(14)9-3-4-10-11(7-9)16-12(2,15-10)5-6-13/h3-4,7H,5-6H2,1-2H3. The molecule has 0 fully saturated rings. The number of benzene rings is 1. The van der Waals surface area contributed by atoms with Crippen molar-refractivity contribution in [1.29, 1.82) is 0 Å². The van der Waals surface area contributed by atoms with Gasteiger partial charge in [-0.2, -0.15) is 0 Å². The number of fused-ring (bicyclic) bond motifs is 1. The number of ether oxygens (including phenoxy) is 2. The third-order valence-electron chi connectivity index (χ3n) is 2.55. The van der Waals surface area contributed by atoms with E-state index in [1.807, 2.05) is 6.92 Å². The lowest BCUT2D eigenvalue weighted by Gasteiger charge is -2.21. The molecule has 1 atom stereocenters. The summed E-state index contributed by atoms with van der Waals surface area (Å²) in [6.45, 7) is 3.36. The fourth-order valence-corrected chi connectivity index (χ4v) is 1.99. The zero-order valence-corrected chi connectivity index (χ0v) is 10.0. The zero-order valence-electron chi connectivity index (χ0n) is 9.25. The number of alkyl halides is 1. The van der Waals surface area contributed by atoms with E-state index in [4.69, 9.17) is 21.1 Å². The molecule has 4 heteroatoms. The smallest absolute Gasteiger partial charge is 0.250 e. The van der Waals surface area contributed by atoms with Gasteiger partial charge in [0.15, 0.2) is 17.3 Å². The van der Waals surface area contributed by atoms with Crippen LogP contribution < -0.4 is 9.47 Å². The van der Waals surface area contributed by atoms with Crippen molar-refractivity contribution < 1.29 is 14.3 Å². The predicted molar refractivity (Wildman–Crippen MR) is 61.4 cm³/mol. The Morgan fingerprint density at radius 3 is 2.69 bits per heavy atom. The molecule has 86 valence electrons. The SMILES string of the molecule is CC(=O)c1ccc2c(c1)OC(C)(CCCl)O2. The summed E-state index contributed by atoms with van der Waals surface area (Å²) >= 11 is 5.68. The van der Waals surface area contributed by atoms with Crippen molar-refractivity contribution in [1.82, 2.24) is 0 Å². The Bertz CT molecular complexity index is 430. The molecule has 1 aromatic carbocycles. The van der Waals surface area contributed by atoms with Crippen molar-refractivity contribution in [3.8, 4) is 11.5 Å². The lowest BCUT2D eigenvalue weighted by molar-refractivity contribution is -0.0632. The number of halogens is 1. The van der Waals surface area contributed by atoms with Gasteiger partial charge in [0, 0.05) is 24.8 Å². The molecular formula is C12H13ClO3. The number of Topliss-reactive ketones (excluding diaryl/α,β-unsaturated/α-hetero) is 1. The molecule has 0 spiro atoms. The summed E-state index contributed by atoms with van der Waals surface area (Å²) in [4.78, 5) is 11.2. The van der Waals surface area contributed by atoms with Gasteiger partial charge >= 0.3 is 0 Å². The second-order valence-corrected chi connectivity index (χ2v) is 4.37. The van der Waals surface area contributed by atoms with Crippen LogP contribution in [0.25, 0.3) is 0 Å². The monoisotopic (exact) mass is 240 g/mol. The first-order chi connectivity index (χ1) is 7.54. The second-order valence-electron chi connectivity index (χ2n) is 3.99. The van der Waals surface area contributed by atoms with Gasteiger partial charge in [0.2, 0.25) is 5.79 Å². The van der Waals surface area contributed by atoms with Crippen LogP contribution in [-0.2, 0) is 0 Å². The van der Waals surface area contributed by atoms with Crippen molar-refractivity contribution in [3.05, 3.63) is 23.8 Å². The van der Waals surface area contributed by atoms with E-state index in [1.165, 1.54) is 6.92 Å². The molecule has 0 saturated carbocycles. The maximum Gasteiger partial charge on any atom is 0.250 e. The molecule has 16 heavy (non-hydrogen) atoms. The van der Waals surface area contributed by atoms with Crippen molar-refractivity contribution in [2.75, 3.05) is 5.88 Å². The number of rotatable bonds is 3. The molecule has 0 radical (unpaired) electrons. The van der Waals surface area contributed by atoms with E-state index in [2.05, 4.69) is 0 Å². The fourth-order valence-electron chi connectivity index (χ4n) is 1.65. The molecule has 1 aromatic rings. The normalized spacial score (nSPS) is 22.2. The van der Waals surface area contributed by atoms with Gasteiger partial charge < -0.3 is 9.47 Å². The molecule has 0 amide bonds. The van der Waals surface area contributed by atoms with Crippen LogP contribution in [0.2, 0.25) is 0 Å². The van der Waals surface area contributed by atoms with Crippen LogP contribution in [0.4, 0.5) is 0 Å². The summed E-state index contributed by atoms with van der Waals surface area (Å²) in [5, 5.41) is 0. The highest BCUT2D eigenvalue weighted by atomic mass is 35.5. The molecule has 2 rings (SSSR count). The summed E-state index contributed by atoms with van der Waals surface area (Å²) in [6.07, 6.45) is 0.596. The first kappa shape index (κ1) is 11.3. The highest BCUT2D eigenvalue weighted by molar-refractivity contribution is 6.17. The molecular weight excluding hydrogens is 228 g/mol. The Morgan fingerprint density at radius 2 is 2.06 bits per heavy atom.